The Hall–Kier alpha value is -2.08. The lowest BCUT2D eigenvalue weighted by atomic mass is 10.2. The third-order valence-corrected chi connectivity index (χ3v) is 2.70. The van der Waals surface area contributed by atoms with Crippen LogP contribution in [0.15, 0.2) is 35.0 Å². The first-order chi connectivity index (χ1) is 9.19. The standard InChI is InChI=1S/C13H17N3O3/c1-10(5-8-17)15-13(18)12-4-3-11(19-12)9-16-7-2-6-14-16/h2-4,6-7,10,17H,5,8-9H2,1H3,(H,15,18). The quantitative estimate of drug-likeness (QED) is 0.815. The van der Waals surface area contributed by atoms with Crippen molar-refractivity contribution in [2.75, 3.05) is 6.61 Å². The first-order valence-corrected chi connectivity index (χ1v) is 6.17. The fourth-order valence-corrected chi connectivity index (χ4v) is 1.70. The van der Waals surface area contributed by atoms with E-state index < -0.39 is 0 Å². The molecule has 0 fully saturated rings. The largest absolute Gasteiger partial charge is 0.454 e. The van der Waals surface area contributed by atoms with Gasteiger partial charge >= 0.3 is 0 Å². The molecule has 0 aliphatic heterocycles. The first kappa shape index (κ1) is 13.4. The van der Waals surface area contributed by atoms with Gasteiger partial charge in [-0.25, -0.2) is 0 Å². The van der Waals surface area contributed by atoms with Crippen LogP contribution in [0.2, 0.25) is 0 Å². The molecule has 0 radical (unpaired) electrons. The number of hydrogen-bond donors (Lipinski definition) is 2. The van der Waals surface area contributed by atoms with Crippen LogP contribution in [-0.4, -0.2) is 33.4 Å². The summed E-state index contributed by atoms with van der Waals surface area (Å²) in [6.07, 6.45) is 4.03. The van der Waals surface area contributed by atoms with E-state index in [2.05, 4.69) is 10.4 Å². The van der Waals surface area contributed by atoms with E-state index in [0.29, 0.717) is 18.7 Å². The average Bonchev–Trinajstić information content (AvgIpc) is 3.01. The third-order valence-electron chi connectivity index (χ3n) is 2.70. The van der Waals surface area contributed by atoms with E-state index in [4.69, 9.17) is 9.52 Å². The van der Waals surface area contributed by atoms with E-state index in [1.165, 1.54) is 0 Å². The summed E-state index contributed by atoms with van der Waals surface area (Å²) in [5.41, 5.74) is 0. The zero-order chi connectivity index (χ0) is 13.7. The third kappa shape index (κ3) is 3.69. The molecular formula is C13H17N3O3. The summed E-state index contributed by atoms with van der Waals surface area (Å²) in [5, 5.41) is 15.6. The minimum atomic E-state index is -0.271. The van der Waals surface area contributed by atoms with Gasteiger partial charge in [0.1, 0.15) is 5.76 Å². The van der Waals surface area contributed by atoms with Crippen LogP contribution >= 0.6 is 0 Å². The normalized spacial score (nSPS) is 12.3. The van der Waals surface area contributed by atoms with Crippen molar-refractivity contribution in [1.29, 1.82) is 0 Å². The van der Waals surface area contributed by atoms with Crippen LogP contribution in [-0.2, 0) is 6.54 Å². The van der Waals surface area contributed by atoms with Crippen molar-refractivity contribution in [1.82, 2.24) is 15.1 Å². The number of aliphatic hydroxyl groups excluding tert-OH is 1. The predicted octanol–water partition coefficient (Wildman–Crippen LogP) is 1.03. The van der Waals surface area contributed by atoms with Crippen molar-refractivity contribution in [3.05, 3.63) is 42.1 Å². The minimum absolute atomic E-state index is 0.0458. The van der Waals surface area contributed by atoms with Crippen LogP contribution in [0.3, 0.4) is 0 Å². The van der Waals surface area contributed by atoms with Crippen LogP contribution in [0.4, 0.5) is 0 Å². The van der Waals surface area contributed by atoms with E-state index in [9.17, 15) is 4.79 Å². The molecular weight excluding hydrogens is 246 g/mol. The Labute approximate surface area is 111 Å². The fourth-order valence-electron chi connectivity index (χ4n) is 1.70. The van der Waals surface area contributed by atoms with E-state index >= 15 is 0 Å². The molecule has 0 saturated heterocycles. The molecule has 2 aromatic rings. The molecule has 1 unspecified atom stereocenters. The average molecular weight is 263 g/mol. The Morgan fingerprint density at radius 1 is 1.58 bits per heavy atom. The highest BCUT2D eigenvalue weighted by Gasteiger charge is 2.13. The summed E-state index contributed by atoms with van der Waals surface area (Å²) >= 11 is 0. The first-order valence-electron chi connectivity index (χ1n) is 6.17. The van der Waals surface area contributed by atoms with Gasteiger partial charge in [-0.3, -0.25) is 9.48 Å². The number of nitrogens with zero attached hydrogens (tertiary/aromatic N) is 2. The Morgan fingerprint density at radius 2 is 2.42 bits per heavy atom. The maximum absolute atomic E-state index is 11.8. The summed E-state index contributed by atoms with van der Waals surface area (Å²) in [6, 6.07) is 5.14. The molecule has 0 aromatic carbocycles. The van der Waals surface area contributed by atoms with E-state index in [1.54, 1.807) is 23.0 Å². The van der Waals surface area contributed by atoms with Crippen molar-refractivity contribution in [3.8, 4) is 0 Å². The lowest BCUT2D eigenvalue weighted by molar-refractivity contribution is 0.0904. The second kappa shape index (κ2) is 6.19. The number of hydrogen-bond acceptors (Lipinski definition) is 4. The molecule has 2 aromatic heterocycles. The predicted molar refractivity (Wildman–Crippen MR) is 68.7 cm³/mol. The summed E-state index contributed by atoms with van der Waals surface area (Å²) in [5.74, 6) is 0.670. The van der Waals surface area contributed by atoms with Gasteiger partial charge in [0.05, 0.1) is 6.54 Å². The minimum Gasteiger partial charge on any atom is -0.454 e. The van der Waals surface area contributed by atoms with Gasteiger partial charge in [-0.05, 0) is 31.5 Å². The SMILES string of the molecule is CC(CCO)NC(=O)c1ccc(Cn2cccn2)o1. The number of carbonyl (C=O) groups is 1. The Balaban J connectivity index is 1.94. The summed E-state index contributed by atoms with van der Waals surface area (Å²) in [6.45, 7) is 2.37. The Morgan fingerprint density at radius 3 is 3.11 bits per heavy atom. The number of rotatable bonds is 6. The number of furan rings is 1. The molecule has 0 aliphatic carbocycles. The van der Waals surface area contributed by atoms with Crippen LogP contribution in [0.1, 0.15) is 29.7 Å². The zero-order valence-corrected chi connectivity index (χ0v) is 10.7. The van der Waals surface area contributed by atoms with Crippen molar-refractivity contribution in [2.45, 2.75) is 25.9 Å². The van der Waals surface area contributed by atoms with Crippen molar-refractivity contribution < 1.29 is 14.3 Å². The lowest BCUT2D eigenvalue weighted by Crippen LogP contribution is -2.32. The van der Waals surface area contributed by atoms with Gasteiger partial charge in [-0.1, -0.05) is 0 Å². The molecule has 0 bridgehead atoms. The monoisotopic (exact) mass is 263 g/mol. The van der Waals surface area contributed by atoms with E-state index in [1.807, 2.05) is 19.2 Å². The van der Waals surface area contributed by atoms with Gasteiger partial charge in [-0.2, -0.15) is 5.10 Å². The summed E-state index contributed by atoms with van der Waals surface area (Å²) < 4.78 is 7.18. The molecule has 1 amide bonds. The molecule has 2 N–H and O–H groups in total. The molecule has 0 spiro atoms. The van der Waals surface area contributed by atoms with Gasteiger partial charge < -0.3 is 14.8 Å². The molecule has 0 aliphatic rings. The van der Waals surface area contributed by atoms with Crippen molar-refractivity contribution in [3.63, 3.8) is 0 Å². The van der Waals surface area contributed by atoms with E-state index in [-0.39, 0.29) is 24.3 Å². The molecule has 6 heteroatoms. The van der Waals surface area contributed by atoms with Gasteiger partial charge in [0, 0.05) is 25.0 Å². The van der Waals surface area contributed by atoms with Gasteiger partial charge in [0.2, 0.25) is 0 Å². The molecule has 102 valence electrons. The fraction of sp³-hybridized carbons (Fsp3) is 0.385. The van der Waals surface area contributed by atoms with Crippen molar-refractivity contribution >= 4 is 5.91 Å². The van der Waals surface area contributed by atoms with Crippen LogP contribution in [0.25, 0.3) is 0 Å². The molecule has 0 saturated carbocycles. The van der Waals surface area contributed by atoms with Crippen LogP contribution in [0, 0.1) is 0 Å². The number of nitrogens with one attached hydrogen (secondary N) is 1. The van der Waals surface area contributed by atoms with Gasteiger partial charge in [0.15, 0.2) is 5.76 Å². The Bertz CT molecular complexity index is 519. The molecule has 2 heterocycles. The highest BCUT2D eigenvalue weighted by atomic mass is 16.4. The zero-order valence-electron chi connectivity index (χ0n) is 10.7. The highest BCUT2D eigenvalue weighted by molar-refractivity contribution is 5.91. The number of aliphatic hydroxyl groups is 1. The van der Waals surface area contributed by atoms with Crippen LogP contribution < -0.4 is 5.32 Å². The number of carbonyl (C=O) groups excluding carboxylic acids is 1. The van der Waals surface area contributed by atoms with E-state index in [0.717, 1.165) is 0 Å². The lowest BCUT2D eigenvalue weighted by Gasteiger charge is -2.10. The summed E-state index contributed by atoms with van der Waals surface area (Å²) in [7, 11) is 0. The van der Waals surface area contributed by atoms with Crippen LogP contribution in [0.5, 0.6) is 0 Å². The second-order valence-corrected chi connectivity index (χ2v) is 4.36. The molecule has 6 nitrogen and oxygen atoms in total. The Kier molecular flexibility index (Phi) is 4.35. The van der Waals surface area contributed by atoms with Gasteiger partial charge in [-0.15, -0.1) is 0 Å². The topological polar surface area (TPSA) is 80.3 Å². The highest BCUT2D eigenvalue weighted by Crippen LogP contribution is 2.09. The number of amides is 1. The molecule has 19 heavy (non-hydrogen) atoms. The molecule has 1 atom stereocenters. The maximum atomic E-state index is 11.8. The second-order valence-electron chi connectivity index (χ2n) is 4.36. The van der Waals surface area contributed by atoms with Gasteiger partial charge in [0.25, 0.3) is 5.91 Å². The molecule has 2 rings (SSSR count). The smallest absolute Gasteiger partial charge is 0.287 e. The number of aromatic nitrogens is 2. The summed E-state index contributed by atoms with van der Waals surface area (Å²) in [4.78, 5) is 11.8. The van der Waals surface area contributed by atoms with Crippen molar-refractivity contribution in [2.24, 2.45) is 0 Å². The maximum Gasteiger partial charge on any atom is 0.287 e.